The molecule has 4 nitrogen and oxygen atoms in total. The zero-order chi connectivity index (χ0) is 21.8. The SMILES string of the molecule is c1ccc(-c2c3nsnc3c(-c3ccccc3)c3nc4c(ccc5ccccc54)nc23)cc1. The molecule has 7 aromatic rings. The molecule has 2 heterocycles. The van der Waals surface area contributed by atoms with E-state index in [0.29, 0.717) is 0 Å². The van der Waals surface area contributed by atoms with Crippen molar-refractivity contribution in [1.29, 1.82) is 0 Å². The van der Waals surface area contributed by atoms with Crippen LogP contribution in [0.25, 0.3) is 66.1 Å². The van der Waals surface area contributed by atoms with E-state index in [9.17, 15) is 0 Å². The molecular weight excluding hydrogens is 424 g/mol. The van der Waals surface area contributed by atoms with Crippen molar-refractivity contribution < 1.29 is 0 Å². The van der Waals surface area contributed by atoms with E-state index in [1.165, 1.54) is 11.7 Å². The number of hydrogen-bond acceptors (Lipinski definition) is 5. The van der Waals surface area contributed by atoms with E-state index in [-0.39, 0.29) is 0 Å². The molecule has 0 aliphatic carbocycles. The summed E-state index contributed by atoms with van der Waals surface area (Å²) in [4.78, 5) is 10.5. The van der Waals surface area contributed by atoms with Crippen LogP contribution in [0.5, 0.6) is 0 Å². The lowest BCUT2D eigenvalue weighted by atomic mass is 9.94. The molecule has 0 radical (unpaired) electrons. The standard InChI is InChI=1S/C28H16N4S/c1-3-10-18(11-4-1)22-25-26(23(19-12-5-2-6-13-19)28-27(22)31-33-32-28)30-24-20-14-8-7-9-17(20)15-16-21(24)29-25/h1-16H. The summed E-state index contributed by atoms with van der Waals surface area (Å²) in [5.41, 5.74) is 9.31. The van der Waals surface area contributed by atoms with Crippen LogP contribution in [0.1, 0.15) is 0 Å². The van der Waals surface area contributed by atoms with Crippen molar-refractivity contribution in [3.8, 4) is 22.3 Å². The van der Waals surface area contributed by atoms with Crippen molar-refractivity contribution >= 4 is 55.6 Å². The molecule has 0 fully saturated rings. The van der Waals surface area contributed by atoms with Crippen molar-refractivity contribution in [3.63, 3.8) is 0 Å². The van der Waals surface area contributed by atoms with E-state index in [0.717, 1.165) is 66.1 Å². The van der Waals surface area contributed by atoms with Crippen molar-refractivity contribution in [1.82, 2.24) is 18.7 Å². The van der Waals surface area contributed by atoms with Gasteiger partial charge in [-0.1, -0.05) is 91.0 Å². The molecule has 154 valence electrons. The number of aromatic nitrogens is 4. The molecular formula is C28H16N4S. The normalized spacial score (nSPS) is 11.6. The molecule has 2 aromatic heterocycles. The Hall–Kier alpha value is -4.22. The molecule has 0 aliphatic heterocycles. The molecule has 0 aliphatic rings. The molecule has 0 saturated heterocycles. The van der Waals surface area contributed by atoms with Crippen LogP contribution >= 0.6 is 11.7 Å². The molecule has 0 atom stereocenters. The van der Waals surface area contributed by atoms with Crippen molar-refractivity contribution in [2.45, 2.75) is 0 Å². The summed E-state index contributed by atoms with van der Waals surface area (Å²) in [6, 6.07) is 33.1. The van der Waals surface area contributed by atoms with Gasteiger partial charge in [0.05, 0.1) is 22.8 Å². The van der Waals surface area contributed by atoms with Crippen molar-refractivity contribution in [2.24, 2.45) is 0 Å². The van der Waals surface area contributed by atoms with E-state index in [4.69, 9.17) is 18.7 Å². The highest BCUT2D eigenvalue weighted by molar-refractivity contribution is 7.00. The van der Waals surface area contributed by atoms with Gasteiger partial charge in [-0.2, -0.15) is 8.75 Å². The number of nitrogens with zero attached hydrogens (tertiary/aromatic N) is 4. The first-order valence-corrected chi connectivity index (χ1v) is 11.5. The molecule has 0 bridgehead atoms. The summed E-state index contributed by atoms with van der Waals surface area (Å²) in [6.45, 7) is 0. The van der Waals surface area contributed by atoms with Gasteiger partial charge in [0, 0.05) is 16.5 Å². The fourth-order valence-electron chi connectivity index (χ4n) is 4.64. The number of hydrogen-bond donors (Lipinski definition) is 0. The molecule has 5 heteroatoms. The van der Waals surface area contributed by atoms with Gasteiger partial charge in [-0.25, -0.2) is 9.97 Å². The molecule has 33 heavy (non-hydrogen) atoms. The fraction of sp³-hybridized carbons (Fsp3) is 0. The van der Waals surface area contributed by atoms with Crippen LogP contribution in [0.15, 0.2) is 97.1 Å². The highest BCUT2D eigenvalue weighted by atomic mass is 32.1. The molecule has 5 aromatic carbocycles. The molecule has 0 spiro atoms. The minimum atomic E-state index is 0.850. The van der Waals surface area contributed by atoms with Gasteiger partial charge in [-0.15, -0.1) is 0 Å². The molecule has 0 unspecified atom stereocenters. The van der Waals surface area contributed by atoms with Gasteiger partial charge in [0.25, 0.3) is 0 Å². The molecule has 0 amide bonds. The first-order valence-electron chi connectivity index (χ1n) is 10.8. The Labute approximate surface area is 193 Å². The third-order valence-corrected chi connectivity index (χ3v) is 6.65. The van der Waals surface area contributed by atoms with E-state index in [1.807, 2.05) is 36.4 Å². The molecule has 0 N–H and O–H groups in total. The van der Waals surface area contributed by atoms with E-state index < -0.39 is 0 Å². The Balaban J connectivity index is 1.75. The van der Waals surface area contributed by atoms with Crippen LogP contribution in [-0.2, 0) is 0 Å². The van der Waals surface area contributed by atoms with Crippen LogP contribution in [0, 0.1) is 0 Å². The Kier molecular flexibility index (Phi) is 3.98. The second-order valence-corrected chi connectivity index (χ2v) is 8.55. The minimum Gasteiger partial charge on any atom is -0.244 e. The second kappa shape index (κ2) is 7.15. The average molecular weight is 441 g/mol. The predicted molar refractivity (Wildman–Crippen MR) is 136 cm³/mol. The van der Waals surface area contributed by atoms with Gasteiger partial charge in [-0.05, 0) is 22.6 Å². The average Bonchev–Trinajstić information content (AvgIpc) is 3.36. The largest absolute Gasteiger partial charge is 0.244 e. The summed E-state index contributed by atoms with van der Waals surface area (Å²) in [6.07, 6.45) is 0. The highest BCUT2D eigenvalue weighted by Crippen LogP contribution is 2.42. The lowest BCUT2D eigenvalue weighted by Gasteiger charge is -2.14. The summed E-state index contributed by atoms with van der Waals surface area (Å²) in [7, 11) is 0. The van der Waals surface area contributed by atoms with Crippen LogP contribution in [0.4, 0.5) is 0 Å². The van der Waals surface area contributed by atoms with Gasteiger partial charge in [0.15, 0.2) is 0 Å². The topological polar surface area (TPSA) is 51.6 Å². The smallest absolute Gasteiger partial charge is 0.115 e. The van der Waals surface area contributed by atoms with Gasteiger partial charge >= 0.3 is 0 Å². The van der Waals surface area contributed by atoms with Gasteiger partial charge in [-0.3, -0.25) is 0 Å². The van der Waals surface area contributed by atoms with Gasteiger partial charge in [0.2, 0.25) is 0 Å². The van der Waals surface area contributed by atoms with Gasteiger partial charge in [0.1, 0.15) is 22.1 Å². The van der Waals surface area contributed by atoms with E-state index in [1.54, 1.807) is 0 Å². The third-order valence-electron chi connectivity index (χ3n) is 6.12. The summed E-state index contributed by atoms with van der Waals surface area (Å²) in [5, 5.41) is 2.25. The van der Waals surface area contributed by atoms with Crippen LogP contribution in [0.2, 0.25) is 0 Å². The summed E-state index contributed by atoms with van der Waals surface area (Å²) >= 11 is 1.23. The molecule has 0 saturated carbocycles. The van der Waals surface area contributed by atoms with Crippen molar-refractivity contribution in [3.05, 3.63) is 97.1 Å². The summed E-state index contributed by atoms with van der Waals surface area (Å²) in [5.74, 6) is 0. The number of fused-ring (bicyclic) bond motifs is 5. The first kappa shape index (κ1) is 18.4. The lowest BCUT2D eigenvalue weighted by Crippen LogP contribution is -1.96. The fourth-order valence-corrected chi connectivity index (χ4v) is 5.20. The monoisotopic (exact) mass is 440 g/mol. The van der Waals surface area contributed by atoms with Crippen LogP contribution in [-0.4, -0.2) is 18.7 Å². The maximum Gasteiger partial charge on any atom is 0.115 e. The summed E-state index contributed by atoms with van der Waals surface area (Å²) < 4.78 is 9.46. The zero-order valence-corrected chi connectivity index (χ0v) is 18.3. The second-order valence-electron chi connectivity index (χ2n) is 8.02. The van der Waals surface area contributed by atoms with Crippen molar-refractivity contribution in [2.75, 3.05) is 0 Å². The van der Waals surface area contributed by atoms with E-state index >= 15 is 0 Å². The Morgan fingerprint density at radius 3 is 1.70 bits per heavy atom. The minimum absolute atomic E-state index is 0.850. The Morgan fingerprint density at radius 2 is 1.03 bits per heavy atom. The number of benzene rings is 5. The van der Waals surface area contributed by atoms with Crippen LogP contribution in [0.3, 0.4) is 0 Å². The number of rotatable bonds is 2. The Morgan fingerprint density at radius 1 is 0.455 bits per heavy atom. The van der Waals surface area contributed by atoms with Crippen LogP contribution < -0.4 is 0 Å². The lowest BCUT2D eigenvalue weighted by molar-refractivity contribution is 1.41. The van der Waals surface area contributed by atoms with E-state index in [2.05, 4.69) is 60.7 Å². The highest BCUT2D eigenvalue weighted by Gasteiger charge is 2.22. The predicted octanol–water partition coefficient (Wildman–Crippen LogP) is 7.27. The maximum absolute atomic E-state index is 5.27. The first-order chi connectivity index (χ1) is 16.4. The molecule has 7 rings (SSSR count). The van der Waals surface area contributed by atoms with Gasteiger partial charge < -0.3 is 0 Å². The maximum atomic E-state index is 5.27. The third kappa shape index (κ3) is 2.76. The quantitative estimate of drug-likeness (QED) is 0.209. The zero-order valence-electron chi connectivity index (χ0n) is 17.4. The Bertz CT molecular complexity index is 1810.